The fourth-order valence-corrected chi connectivity index (χ4v) is 3.03. The van der Waals surface area contributed by atoms with Gasteiger partial charge in [-0.05, 0) is 43.7 Å². The number of carbonyl (C=O) groups excluding carboxylic acids is 1. The fraction of sp³-hybridized carbons (Fsp3) is 0.562. The molecule has 2 nitrogen and oxygen atoms in total. The van der Waals surface area contributed by atoms with Crippen molar-refractivity contribution >= 4 is 17.5 Å². The Morgan fingerprint density at radius 3 is 2.95 bits per heavy atom. The summed E-state index contributed by atoms with van der Waals surface area (Å²) in [5, 5.41) is 0. The highest BCUT2D eigenvalue weighted by atomic mass is 35.5. The van der Waals surface area contributed by atoms with Crippen molar-refractivity contribution in [1.82, 2.24) is 4.90 Å². The lowest BCUT2D eigenvalue weighted by molar-refractivity contribution is -0.133. The van der Waals surface area contributed by atoms with Gasteiger partial charge in [0, 0.05) is 19.0 Å². The maximum Gasteiger partial charge on any atom is 0.230 e. The van der Waals surface area contributed by atoms with Crippen LogP contribution in [0.1, 0.15) is 43.2 Å². The number of aryl methyl sites for hydroxylation is 1. The quantitative estimate of drug-likeness (QED) is 0.755. The fourth-order valence-electron chi connectivity index (χ4n) is 2.91. The number of fused-ring (bicyclic) bond motifs is 1. The second-order valence-electron chi connectivity index (χ2n) is 5.10. The molecule has 0 saturated heterocycles. The van der Waals surface area contributed by atoms with E-state index < -0.39 is 0 Å². The summed E-state index contributed by atoms with van der Waals surface area (Å²) < 4.78 is 0. The van der Waals surface area contributed by atoms with Crippen LogP contribution in [0.25, 0.3) is 0 Å². The van der Waals surface area contributed by atoms with Crippen molar-refractivity contribution in [2.45, 2.75) is 38.5 Å². The van der Waals surface area contributed by atoms with Gasteiger partial charge in [-0.2, -0.15) is 0 Å². The van der Waals surface area contributed by atoms with Crippen molar-refractivity contribution in [3.63, 3.8) is 0 Å². The van der Waals surface area contributed by atoms with Crippen LogP contribution in [0.15, 0.2) is 24.3 Å². The van der Waals surface area contributed by atoms with Crippen LogP contribution in [0.2, 0.25) is 0 Å². The van der Waals surface area contributed by atoms with Gasteiger partial charge in [-0.15, -0.1) is 11.6 Å². The molecule has 0 N–H and O–H groups in total. The largest absolute Gasteiger partial charge is 0.342 e. The molecule has 0 radical (unpaired) electrons. The highest BCUT2D eigenvalue weighted by molar-refractivity contribution is 6.17. The van der Waals surface area contributed by atoms with E-state index in [0.29, 0.717) is 5.88 Å². The molecular formula is C16H22ClNO. The van der Waals surface area contributed by atoms with Gasteiger partial charge >= 0.3 is 0 Å². The number of likely N-dealkylation sites (N-methyl/N-ethyl adjacent to an activating group) is 1. The van der Waals surface area contributed by atoms with Gasteiger partial charge in [-0.25, -0.2) is 0 Å². The number of hydrogen-bond acceptors (Lipinski definition) is 1. The second-order valence-corrected chi connectivity index (χ2v) is 5.48. The molecule has 1 amide bonds. The monoisotopic (exact) mass is 279 g/mol. The van der Waals surface area contributed by atoms with Crippen LogP contribution in [0.5, 0.6) is 0 Å². The maximum atomic E-state index is 12.7. The molecule has 3 heteroatoms. The average molecular weight is 280 g/mol. The van der Waals surface area contributed by atoms with E-state index in [4.69, 9.17) is 11.6 Å². The van der Waals surface area contributed by atoms with Gasteiger partial charge in [0.2, 0.25) is 5.91 Å². The molecule has 1 aromatic carbocycles. The SMILES string of the molecule is CCN(CCCCl)C(=O)C1CCCc2ccccc21. The first-order chi connectivity index (χ1) is 9.27. The summed E-state index contributed by atoms with van der Waals surface area (Å²) in [5.74, 6) is 0.949. The molecule has 0 saturated carbocycles. The zero-order valence-electron chi connectivity index (χ0n) is 11.6. The van der Waals surface area contributed by atoms with Crippen LogP contribution in [0.4, 0.5) is 0 Å². The van der Waals surface area contributed by atoms with E-state index in [2.05, 4.69) is 18.2 Å². The minimum atomic E-state index is 0.0558. The molecule has 0 spiro atoms. The number of halogens is 1. The molecule has 1 aliphatic carbocycles. The number of hydrogen-bond donors (Lipinski definition) is 0. The van der Waals surface area contributed by atoms with Crippen molar-refractivity contribution in [3.05, 3.63) is 35.4 Å². The highest BCUT2D eigenvalue weighted by Gasteiger charge is 2.28. The van der Waals surface area contributed by atoms with Crippen LogP contribution in [0, 0.1) is 0 Å². The number of rotatable bonds is 5. The minimum Gasteiger partial charge on any atom is -0.342 e. The van der Waals surface area contributed by atoms with E-state index in [1.807, 2.05) is 17.9 Å². The predicted octanol–water partition coefficient (Wildman–Crippen LogP) is 3.58. The Hall–Kier alpha value is -1.02. The third-order valence-corrected chi connectivity index (χ3v) is 4.19. The van der Waals surface area contributed by atoms with Crippen molar-refractivity contribution in [2.75, 3.05) is 19.0 Å². The smallest absolute Gasteiger partial charge is 0.230 e. The van der Waals surface area contributed by atoms with E-state index in [0.717, 1.165) is 38.8 Å². The van der Waals surface area contributed by atoms with Crippen molar-refractivity contribution in [3.8, 4) is 0 Å². The molecular weight excluding hydrogens is 258 g/mol. The summed E-state index contributed by atoms with van der Waals surface area (Å²) in [6.45, 7) is 3.59. The van der Waals surface area contributed by atoms with Crippen LogP contribution in [-0.4, -0.2) is 29.8 Å². The lowest BCUT2D eigenvalue weighted by Gasteiger charge is -2.30. The van der Waals surface area contributed by atoms with Crippen molar-refractivity contribution < 1.29 is 4.79 Å². The van der Waals surface area contributed by atoms with E-state index >= 15 is 0 Å². The Kier molecular flexibility index (Phi) is 5.26. The normalized spacial score (nSPS) is 17.9. The van der Waals surface area contributed by atoms with Gasteiger partial charge in [0.25, 0.3) is 0 Å². The number of carbonyl (C=O) groups is 1. The predicted molar refractivity (Wildman–Crippen MR) is 79.7 cm³/mol. The van der Waals surface area contributed by atoms with Crippen LogP contribution < -0.4 is 0 Å². The standard InChI is InChI=1S/C16H22ClNO/c1-2-18(12-6-11-17)16(19)15-10-5-8-13-7-3-4-9-14(13)15/h3-4,7,9,15H,2,5-6,8,10-12H2,1H3. The summed E-state index contributed by atoms with van der Waals surface area (Å²) in [6, 6.07) is 8.38. The maximum absolute atomic E-state index is 12.7. The average Bonchev–Trinajstić information content (AvgIpc) is 2.47. The van der Waals surface area contributed by atoms with E-state index in [9.17, 15) is 4.79 Å². The number of alkyl halides is 1. The molecule has 1 atom stereocenters. The topological polar surface area (TPSA) is 20.3 Å². The molecule has 1 aromatic rings. The zero-order valence-corrected chi connectivity index (χ0v) is 12.3. The molecule has 0 heterocycles. The van der Waals surface area contributed by atoms with E-state index in [1.165, 1.54) is 11.1 Å². The Balaban J connectivity index is 2.15. The van der Waals surface area contributed by atoms with Gasteiger partial charge in [0.05, 0.1) is 5.92 Å². The summed E-state index contributed by atoms with van der Waals surface area (Å²) in [4.78, 5) is 14.6. The third kappa shape index (κ3) is 3.30. The molecule has 104 valence electrons. The Labute approximate surface area is 120 Å². The van der Waals surface area contributed by atoms with E-state index in [-0.39, 0.29) is 11.8 Å². The number of amides is 1. The van der Waals surface area contributed by atoms with E-state index in [1.54, 1.807) is 0 Å². The van der Waals surface area contributed by atoms with Crippen LogP contribution in [0.3, 0.4) is 0 Å². The Morgan fingerprint density at radius 1 is 1.42 bits per heavy atom. The first kappa shape index (κ1) is 14.4. The third-order valence-electron chi connectivity index (χ3n) is 3.92. The summed E-state index contributed by atoms with van der Waals surface area (Å²) in [5.41, 5.74) is 2.59. The second kappa shape index (κ2) is 6.95. The molecule has 0 aromatic heterocycles. The highest BCUT2D eigenvalue weighted by Crippen LogP contribution is 2.32. The summed E-state index contributed by atoms with van der Waals surface area (Å²) in [7, 11) is 0. The Morgan fingerprint density at radius 2 is 2.21 bits per heavy atom. The summed E-state index contributed by atoms with van der Waals surface area (Å²) in [6.07, 6.45) is 4.07. The molecule has 0 fully saturated rings. The Bertz CT molecular complexity index is 433. The van der Waals surface area contributed by atoms with Crippen LogP contribution >= 0.6 is 11.6 Å². The van der Waals surface area contributed by atoms with Crippen molar-refractivity contribution in [1.29, 1.82) is 0 Å². The van der Waals surface area contributed by atoms with Gasteiger partial charge < -0.3 is 4.90 Å². The van der Waals surface area contributed by atoms with Gasteiger partial charge in [0.15, 0.2) is 0 Å². The lowest BCUT2D eigenvalue weighted by Crippen LogP contribution is -2.37. The zero-order chi connectivity index (χ0) is 13.7. The molecule has 1 unspecified atom stereocenters. The van der Waals surface area contributed by atoms with Crippen molar-refractivity contribution in [2.24, 2.45) is 0 Å². The molecule has 0 bridgehead atoms. The number of benzene rings is 1. The lowest BCUT2D eigenvalue weighted by atomic mass is 9.82. The van der Waals surface area contributed by atoms with Gasteiger partial charge in [-0.3, -0.25) is 4.79 Å². The molecule has 19 heavy (non-hydrogen) atoms. The first-order valence-electron chi connectivity index (χ1n) is 7.20. The summed E-state index contributed by atoms with van der Waals surface area (Å²) >= 11 is 5.74. The van der Waals surface area contributed by atoms with Crippen LogP contribution in [-0.2, 0) is 11.2 Å². The van der Waals surface area contributed by atoms with Gasteiger partial charge in [0.1, 0.15) is 0 Å². The van der Waals surface area contributed by atoms with Gasteiger partial charge in [-0.1, -0.05) is 24.3 Å². The minimum absolute atomic E-state index is 0.0558. The molecule has 2 rings (SSSR count). The molecule has 1 aliphatic rings. The first-order valence-corrected chi connectivity index (χ1v) is 7.74. The number of nitrogens with zero attached hydrogens (tertiary/aromatic N) is 1. The molecule has 0 aliphatic heterocycles.